The first-order valence-corrected chi connectivity index (χ1v) is 9.17. The second-order valence-corrected chi connectivity index (χ2v) is 8.41. The molecule has 0 N–H and O–H groups in total. The molecule has 4 fully saturated rings. The van der Waals surface area contributed by atoms with Crippen molar-refractivity contribution in [1.29, 1.82) is 0 Å². The molecule has 2 saturated heterocycles. The number of esters is 1. The SMILES string of the molecule is C=C1CCC[C@]2(C)C[C@H]3OC(=O)[C@@H](CN4CCCC4)[C@H]3C[C@H]12. The zero-order valence-electron chi connectivity index (χ0n) is 13.9. The van der Waals surface area contributed by atoms with E-state index in [1.807, 2.05) is 0 Å². The summed E-state index contributed by atoms with van der Waals surface area (Å²) in [6.45, 7) is 10.0. The molecule has 0 aromatic rings. The van der Waals surface area contributed by atoms with Gasteiger partial charge in [0.25, 0.3) is 0 Å². The number of fused-ring (bicyclic) bond motifs is 2. The molecule has 0 bridgehead atoms. The van der Waals surface area contributed by atoms with Gasteiger partial charge in [-0.25, -0.2) is 0 Å². The van der Waals surface area contributed by atoms with Crippen LogP contribution in [0.2, 0.25) is 0 Å². The molecule has 22 heavy (non-hydrogen) atoms. The normalized spacial score (nSPS) is 45.5. The molecular formula is C19H29NO2. The third-order valence-electron chi connectivity index (χ3n) is 6.97. The van der Waals surface area contributed by atoms with Crippen LogP contribution in [-0.4, -0.2) is 36.6 Å². The summed E-state index contributed by atoms with van der Waals surface area (Å²) in [5.41, 5.74) is 1.76. The smallest absolute Gasteiger partial charge is 0.310 e. The number of ether oxygens (including phenoxy) is 1. The molecule has 5 atom stereocenters. The molecule has 0 aromatic carbocycles. The Morgan fingerprint density at radius 1 is 1.32 bits per heavy atom. The van der Waals surface area contributed by atoms with Gasteiger partial charge in [0.15, 0.2) is 0 Å². The number of likely N-dealkylation sites (tertiary alicyclic amines) is 1. The van der Waals surface area contributed by atoms with Crippen molar-refractivity contribution >= 4 is 5.97 Å². The second kappa shape index (κ2) is 5.36. The van der Waals surface area contributed by atoms with E-state index in [-0.39, 0.29) is 18.0 Å². The molecule has 2 heterocycles. The zero-order valence-corrected chi connectivity index (χ0v) is 13.9. The van der Waals surface area contributed by atoms with Crippen molar-refractivity contribution in [3.8, 4) is 0 Å². The van der Waals surface area contributed by atoms with Crippen LogP contribution in [-0.2, 0) is 9.53 Å². The molecule has 0 unspecified atom stereocenters. The molecule has 3 heteroatoms. The van der Waals surface area contributed by atoms with Crippen molar-refractivity contribution in [2.24, 2.45) is 23.2 Å². The largest absolute Gasteiger partial charge is 0.462 e. The van der Waals surface area contributed by atoms with Gasteiger partial charge in [0.05, 0.1) is 5.92 Å². The van der Waals surface area contributed by atoms with E-state index in [0.29, 0.717) is 17.3 Å². The van der Waals surface area contributed by atoms with Gasteiger partial charge in [-0.1, -0.05) is 19.1 Å². The van der Waals surface area contributed by atoms with E-state index in [1.165, 1.54) is 37.7 Å². The number of hydrogen-bond acceptors (Lipinski definition) is 3. The number of allylic oxidation sites excluding steroid dienone is 1. The topological polar surface area (TPSA) is 29.5 Å². The Morgan fingerprint density at radius 2 is 2.09 bits per heavy atom. The fourth-order valence-corrected chi connectivity index (χ4v) is 5.71. The Hall–Kier alpha value is -0.830. The van der Waals surface area contributed by atoms with Gasteiger partial charge in [-0.15, -0.1) is 0 Å². The Morgan fingerprint density at radius 3 is 2.86 bits per heavy atom. The lowest BCUT2D eigenvalue weighted by Crippen LogP contribution is -2.45. The Balaban J connectivity index is 1.53. The lowest BCUT2D eigenvalue weighted by Gasteiger charge is -2.50. The molecule has 0 spiro atoms. The Bertz CT molecular complexity index is 482. The molecule has 4 aliphatic rings. The molecule has 3 nitrogen and oxygen atoms in total. The van der Waals surface area contributed by atoms with E-state index < -0.39 is 0 Å². The number of hydrogen-bond donors (Lipinski definition) is 0. The lowest BCUT2D eigenvalue weighted by molar-refractivity contribution is -0.146. The third kappa shape index (κ3) is 2.33. The minimum absolute atomic E-state index is 0.0785. The van der Waals surface area contributed by atoms with Crippen LogP contribution in [0.15, 0.2) is 12.2 Å². The van der Waals surface area contributed by atoms with Gasteiger partial charge in [-0.2, -0.15) is 0 Å². The Kier molecular flexibility index (Phi) is 3.60. The fourth-order valence-electron chi connectivity index (χ4n) is 5.71. The molecule has 4 rings (SSSR count). The van der Waals surface area contributed by atoms with Crippen molar-refractivity contribution in [2.75, 3.05) is 19.6 Å². The van der Waals surface area contributed by atoms with Crippen LogP contribution in [0.3, 0.4) is 0 Å². The van der Waals surface area contributed by atoms with Crippen LogP contribution in [0.5, 0.6) is 0 Å². The number of carbonyl (C=O) groups excluding carboxylic acids is 1. The molecular weight excluding hydrogens is 274 g/mol. The summed E-state index contributed by atoms with van der Waals surface area (Å²) in [6, 6.07) is 0. The molecule has 2 aliphatic carbocycles. The van der Waals surface area contributed by atoms with E-state index in [1.54, 1.807) is 0 Å². The number of rotatable bonds is 2. The quantitative estimate of drug-likeness (QED) is 0.578. The Labute approximate surface area is 134 Å². The highest BCUT2D eigenvalue weighted by Gasteiger charge is 2.55. The summed E-state index contributed by atoms with van der Waals surface area (Å²) in [5, 5.41) is 0. The molecule has 2 aliphatic heterocycles. The van der Waals surface area contributed by atoms with E-state index >= 15 is 0 Å². The first kappa shape index (κ1) is 14.7. The van der Waals surface area contributed by atoms with Gasteiger partial charge >= 0.3 is 5.97 Å². The van der Waals surface area contributed by atoms with Crippen LogP contribution in [0.1, 0.15) is 51.9 Å². The maximum atomic E-state index is 12.4. The summed E-state index contributed by atoms with van der Waals surface area (Å²) < 4.78 is 5.84. The first-order valence-electron chi connectivity index (χ1n) is 9.17. The van der Waals surface area contributed by atoms with Crippen molar-refractivity contribution in [3.63, 3.8) is 0 Å². The van der Waals surface area contributed by atoms with E-state index in [0.717, 1.165) is 32.5 Å². The molecule has 0 aromatic heterocycles. The van der Waals surface area contributed by atoms with Gasteiger partial charge in [-0.05, 0) is 69.4 Å². The van der Waals surface area contributed by atoms with Crippen molar-refractivity contribution in [2.45, 2.75) is 58.0 Å². The standard InChI is InChI=1S/C19H29NO2/c1-13-6-5-7-19(2)11-17-14(10-16(13)19)15(18(21)22-17)12-20-8-3-4-9-20/h14-17H,1,3-12H2,2H3/t14-,15+,16-,17-,19-/m1/s1. The van der Waals surface area contributed by atoms with Crippen LogP contribution >= 0.6 is 0 Å². The summed E-state index contributed by atoms with van der Waals surface area (Å²) in [7, 11) is 0. The van der Waals surface area contributed by atoms with Crippen LogP contribution in [0.4, 0.5) is 0 Å². The van der Waals surface area contributed by atoms with Crippen LogP contribution in [0.25, 0.3) is 0 Å². The number of carbonyl (C=O) groups is 1. The first-order chi connectivity index (χ1) is 10.6. The molecule has 0 radical (unpaired) electrons. The van der Waals surface area contributed by atoms with Gasteiger partial charge in [-0.3, -0.25) is 4.79 Å². The minimum Gasteiger partial charge on any atom is -0.462 e. The predicted octanol–water partition coefficient (Wildman–Crippen LogP) is 3.40. The van der Waals surface area contributed by atoms with E-state index in [9.17, 15) is 4.79 Å². The monoisotopic (exact) mass is 303 g/mol. The average Bonchev–Trinajstić information content (AvgIpc) is 3.06. The third-order valence-corrected chi connectivity index (χ3v) is 6.97. The summed E-state index contributed by atoms with van der Waals surface area (Å²) >= 11 is 0. The molecule has 122 valence electrons. The average molecular weight is 303 g/mol. The predicted molar refractivity (Wildman–Crippen MR) is 86.4 cm³/mol. The van der Waals surface area contributed by atoms with Crippen molar-refractivity contribution in [3.05, 3.63) is 12.2 Å². The van der Waals surface area contributed by atoms with Crippen LogP contribution in [0, 0.1) is 23.2 Å². The molecule has 0 amide bonds. The van der Waals surface area contributed by atoms with Crippen LogP contribution < -0.4 is 0 Å². The van der Waals surface area contributed by atoms with Crippen molar-refractivity contribution < 1.29 is 9.53 Å². The summed E-state index contributed by atoms with van der Waals surface area (Å²) in [4.78, 5) is 14.9. The summed E-state index contributed by atoms with van der Waals surface area (Å²) in [5.74, 6) is 1.23. The second-order valence-electron chi connectivity index (χ2n) is 8.41. The van der Waals surface area contributed by atoms with E-state index in [4.69, 9.17) is 4.74 Å². The zero-order chi connectivity index (χ0) is 15.3. The number of nitrogens with zero attached hydrogens (tertiary/aromatic N) is 1. The van der Waals surface area contributed by atoms with Crippen molar-refractivity contribution in [1.82, 2.24) is 4.90 Å². The summed E-state index contributed by atoms with van der Waals surface area (Å²) in [6.07, 6.45) is 8.65. The highest BCUT2D eigenvalue weighted by Crippen LogP contribution is 2.56. The highest BCUT2D eigenvalue weighted by molar-refractivity contribution is 5.75. The van der Waals surface area contributed by atoms with E-state index in [2.05, 4.69) is 18.4 Å². The highest BCUT2D eigenvalue weighted by atomic mass is 16.6. The van der Waals surface area contributed by atoms with Gasteiger partial charge in [0.2, 0.25) is 0 Å². The fraction of sp³-hybridized carbons (Fsp3) is 0.842. The maximum Gasteiger partial charge on any atom is 0.310 e. The van der Waals surface area contributed by atoms with Gasteiger partial charge < -0.3 is 9.64 Å². The molecule has 2 saturated carbocycles. The van der Waals surface area contributed by atoms with Gasteiger partial charge in [0, 0.05) is 12.5 Å². The minimum atomic E-state index is 0.0785. The lowest BCUT2D eigenvalue weighted by atomic mass is 9.55. The van der Waals surface area contributed by atoms with Gasteiger partial charge in [0.1, 0.15) is 6.10 Å². The maximum absolute atomic E-state index is 12.4.